The summed E-state index contributed by atoms with van der Waals surface area (Å²) in [4.78, 5) is 4.68. The Morgan fingerprint density at radius 1 is 1.18 bits per heavy atom. The number of halogens is 1. The number of hydrogen-bond donors (Lipinski definition) is 1. The van der Waals surface area contributed by atoms with Gasteiger partial charge in [-0.05, 0) is 30.3 Å². The molecule has 0 aliphatic rings. The molecule has 5 nitrogen and oxygen atoms in total. The normalized spacial score (nSPS) is 11.9. The van der Waals surface area contributed by atoms with Crippen LogP contribution in [-0.2, 0) is 23.6 Å². The van der Waals surface area contributed by atoms with E-state index < -0.39 is 10.0 Å². The fourth-order valence-electron chi connectivity index (χ4n) is 2.23. The van der Waals surface area contributed by atoms with Crippen LogP contribution in [0, 0.1) is 0 Å². The number of aryl methyl sites for hydroxylation is 1. The summed E-state index contributed by atoms with van der Waals surface area (Å²) in [7, 11) is -1.70. The van der Waals surface area contributed by atoms with Crippen LogP contribution in [-0.4, -0.2) is 18.0 Å². The molecule has 0 bridgehead atoms. The minimum atomic E-state index is -3.57. The van der Waals surface area contributed by atoms with Crippen molar-refractivity contribution in [3.05, 3.63) is 58.8 Å². The molecule has 7 heteroatoms. The number of sulfonamides is 1. The van der Waals surface area contributed by atoms with Crippen molar-refractivity contribution in [1.29, 1.82) is 0 Å². The van der Waals surface area contributed by atoms with E-state index in [1.54, 1.807) is 24.3 Å². The predicted molar refractivity (Wildman–Crippen MR) is 88.9 cm³/mol. The average Bonchev–Trinajstić information content (AvgIpc) is 2.82. The van der Waals surface area contributed by atoms with Crippen molar-refractivity contribution in [2.24, 2.45) is 7.05 Å². The van der Waals surface area contributed by atoms with Gasteiger partial charge in [0, 0.05) is 11.5 Å². The fraction of sp³-hybridized carbons (Fsp3) is 0.133. The van der Waals surface area contributed by atoms with Gasteiger partial charge in [0.25, 0.3) is 0 Å². The van der Waals surface area contributed by atoms with E-state index >= 15 is 0 Å². The Kier molecular flexibility index (Phi) is 4.03. The first-order valence-corrected chi connectivity index (χ1v) is 8.90. The highest BCUT2D eigenvalue weighted by Gasteiger charge is 2.16. The quantitative estimate of drug-likeness (QED) is 0.757. The zero-order chi connectivity index (χ0) is 15.7. The summed E-state index contributed by atoms with van der Waals surface area (Å²) in [5, 5.41) is 0. The number of nitrogens with one attached hydrogen (secondary N) is 1. The largest absolute Gasteiger partial charge is 0.330 e. The molecule has 0 aliphatic carbocycles. The molecule has 0 aliphatic heterocycles. The van der Waals surface area contributed by atoms with Gasteiger partial charge in [0.05, 0.1) is 22.5 Å². The number of fused-ring (bicyclic) bond motifs is 1. The van der Waals surface area contributed by atoms with Crippen LogP contribution in [0.5, 0.6) is 0 Å². The number of aromatic nitrogens is 2. The summed E-state index contributed by atoms with van der Waals surface area (Å²) in [6.07, 6.45) is 0. The Balaban J connectivity index is 1.86. The number of para-hydroxylation sites is 2. The molecule has 3 rings (SSSR count). The summed E-state index contributed by atoms with van der Waals surface area (Å²) >= 11 is 3.28. The lowest BCUT2D eigenvalue weighted by Gasteiger charge is -2.07. The van der Waals surface area contributed by atoms with Crippen molar-refractivity contribution >= 4 is 37.0 Å². The number of hydrogen-bond acceptors (Lipinski definition) is 3. The van der Waals surface area contributed by atoms with Gasteiger partial charge in [-0.1, -0.05) is 34.1 Å². The van der Waals surface area contributed by atoms with Gasteiger partial charge in [-0.15, -0.1) is 0 Å². The number of nitrogens with zero attached hydrogens (tertiary/aromatic N) is 2. The zero-order valence-electron chi connectivity index (χ0n) is 11.8. The summed E-state index contributed by atoms with van der Waals surface area (Å²) in [5.74, 6) is 0.666. The lowest BCUT2D eigenvalue weighted by atomic mass is 10.3. The molecule has 22 heavy (non-hydrogen) atoms. The maximum absolute atomic E-state index is 12.3. The summed E-state index contributed by atoms with van der Waals surface area (Å²) in [5.41, 5.74) is 1.82. The highest BCUT2D eigenvalue weighted by molar-refractivity contribution is 9.10. The molecular formula is C15H14BrN3O2S. The van der Waals surface area contributed by atoms with Gasteiger partial charge in [0.2, 0.25) is 10.0 Å². The molecule has 0 saturated heterocycles. The molecule has 0 fully saturated rings. The second kappa shape index (κ2) is 5.83. The van der Waals surface area contributed by atoms with Gasteiger partial charge in [0.15, 0.2) is 0 Å². The van der Waals surface area contributed by atoms with Crippen molar-refractivity contribution in [2.45, 2.75) is 11.4 Å². The van der Waals surface area contributed by atoms with Gasteiger partial charge >= 0.3 is 0 Å². The Hall–Kier alpha value is -1.70. The van der Waals surface area contributed by atoms with Gasteiger partial charge < -0.3 is 4.57 Å². The van der Waals surface area contributed by atoms with Crippen molar-refractivity contribution < 1.29 is 8.42 Å². The molecule has 114 valence electrons. The van der Waals surface area contributed by atoms with E-state index in [9.17, 15) is 8.42 Å². The number of rotatable bonds is 4. The molecule has 1 heterocycles. The Bertz CT molecular complexity index is 935. The Morgan fingerprint density at radius 2 is 1.95 bits per heavy atom. The number of benzene rings is 2. The minimum absolute atomic E-state index is 0.139. The third-order valence-electron chi connectivity index (χ3n) is 3.41. The van der Waals surface area contributed by atoms with Crippen molar-refractivity contribution in [1.82, 2.24) is 14.3 Å². The van der Waals surface area contributed by atoms with Crippen LogP contribution in [0.1, 0.15) is 5.82 Å². The van der Waals surface area contributed by atoms with Crippen LogP contribution in [0.4, 0.5) is 0 Å². The Labute approximate surface area is 137 Å². The van der Waals surface area contributed by atoms with Crippen LogP contribution in [0.25, 0.3) is 11.0 Å². The lowest BCUT2D eigenvalue weighted by Crippen LogP contribution is -2.24. The molecule has 0 saturated carbocycles. The third kappa shape index (κ3) is 2.92. The van der Waals surface area contributed by atoms with Crippen LogP contribution in [0.3, 0.4) is 0 Å². The molecule has 1 aromatic heterocycles. The van der Waals surface area contributed by atoms with Gasteiger partial charge in [-0.3, -0.25) is 0 Å². The second-order valence-corrected chi connectivity index (χ2v) is 7.54. The van der Waals surface area contributed by atoms with Gasteiger partial charge in [-0.25, -0.2) is 18.1 Å². The first-order chi connectivity index (χ1) is 10.5. The Morgan fingerprint density at radius 3 is 2.68 bits per heavy atom. The minimum Gasteiger partial charge on any atom is -0.330 e. The number of imidazole rings is 1. The van der Waals surface area contributed by atoms with Gasteiger partial charge in [-0.2, -0.15) is 0 Å². The maximum atomic E-state index is 12.3. The molecule has 0 unspecified atom stereocenters. The molecular weight excluding hydrogens is 366 g/mol. The van der Waals surface area contributed by atoms with E-state index in [-0.39, 0.29) is 11.4 Å². The predicted octanol–water partition coefficient (Wildman–Crippen LogP) is 2.81. The van der Waals surface area contributed by atoms with E-state index in [4.69, 9.17) is 0 Å². The highest BCUT2D eigenvalue weighted by Crippen LogP contribution is 2.17. The van der Waals surface area contributed by atoms with Crippen LogP contribution >= 0.6 is 15.9 Å². The first-order valence-electron chi connectivity index (χ1n) is 6.63. The SMILES string of the molecule is Cn1c(CNS(=O)(=O)c2cccc(Br)c2)nc2ccccc21. The smallest absolute Gasteiger partial charge is 0.241 e. The highest BCUT2D eigenvalue weighted by atomic mass is 79.9. The van der Waals surface area contributed by atoms with E-state index in [1.807, 2.05) is 35.9 Å². The van der Waals surface area contributed by atoms with Crippen molar-refractivity contribution in [3.8, 4) is 0 Å². The molecule has 0 radical (unpaired) electrons. The lowest BCUT2D eigenvalue weighted by molar-refractivity contribution is 0.578. The van der Waals surface area contributed by atoms with Crippen LogP contribution in [0.2, 0.25) is 0 Å². The standard InChI is InChI=1S/C15H14BrN3O2S/c1-19-14-8-3-2-7-13(14)18-15(19)10-17-22(20,21)12-6-4-5-11(16)9-12/h2-9,17H,10H2,1H3. The van der Waals surface area contributed by atoms with Crippen LogP contribution < -0.4 is 4.72 Å². The summed E-state index contributed by atoms with van der Waals surface area (Å²) in [6.45, 7) is 0.139. The molecule has 3 aromatic rings. The van der Waals surface area contributed by atoms with E-state index in [0.717, 1.165) is 15.5 Å². The zero-order valence-corrected chi connectivity index (χ0v) is 14.2. The first kappa shape index (κ1) is 15.2. The average molecular weight is 380 g/mol. The van der Waals surface area contributed by atoms with Gasteiger partial charge in [0.1, 0.15) is 5.82 Å². The topological polar surface area (TPSA) is 64.0 Å². The maximum Gasteiger partial charge on any atom is 0.241 e. The van der Waals surface area contributed by atoms with E-state index in [0.29, 0.717) is 5.82 Å². The summed E-state index contributed by atoms with van der Waals surface area (Å²) in [6, 6.07) is 14.3. The van der Waals surface area contributed by atoms with Crippen molar-refractivity contribution in [3.63, 3.8) is 0 Å². The third-order valence-corrected chi connectivity index (χ3v) is 5.30. The molecule has 0 spiro atoms. The van der Waals surface area contributed by atoms with E-state index in [1.165, 1.54) is 0 Å². The molecule has 0 atom stereocenters. The molecule has 1 N–H and O–H groups in total. The van der Waals surface area contributed by atoms with Crippen molar-refractivity contribution in [2.75, 3.05) is 0 Å². The van der Waals surface area contributed by atoms with Crippen LogP contribution in [0.15, 0.2) is 57.9 Å². The second-order valence-electron chi connectivity index (χ2n) is 4.86. The summed E-state index contributed by atoms with van der Waals surface area (Å²) < 4.78 is 29.8. The monoisotopic (exact) mass is 379 g/mol. The molecule has 2 aromatic carbocycles. The fourth-order valence-corrected chi connectivity index (χ4v) is 3.81. The molecule has 0 amide bonds. The van der Waals surface area contributed by atoms with E-state index in [2.05, 4.69) is 25.6 Å².